The Morgan fingerprint density at radius 3 is 2.28 bits per heavy atom. The molecular formula is C17H17NO7. The van der Waals surface area contributed by atoms with E-state index in [1.54, 1.807) is 38.1 Å². The number of carbonyl (C=O) groups excluding carboxylic acids is 2. The van der Waals surface area contributed by atoms with Gasteiger partial charge in [0.1, 0.15) is 11.3 Å². The summed E-state index contributed by atoms with van der Waals surface area (Å²) in [6.45, 7) is 3.34. The van der Waals surface area contributed by atoms with Crippen LogP contribution in [0.2, 0.25) is 0 Å². The number of carboxylic acids is 1. The number of furan rings is 1. The fraction of sp³-hybridized carbons (Fsp3) is 0.235. The van der Waals surface area contributed by atoms with Gasteiger partial charge in [-0.15, -0.1) is 0 Å². The van der Waals surface area contributed by atoms with Crippen molar-refractivity contribution < 1.29 is 33.4 Å². The molecule has 0 aliphatic heterocycles. The number of hydrogen-bond acceptors (Lipinski definition) is 7. The Morgan fingerprint density at radius 1 is 1.12 bits per heavy atom. The van der Waals surface area contributed by atoms with E-state index in [0.717, 1.165) is 6.20 Å². The van der Waals surface area contributed by atoms with Crippen molar-refractivity contribution in [3.05, 3.63) is 41.8 Å². The maximum Gasteiger partial charge on any atom is 0.374 e. The van der Waals surface area contributed by atoms with Crippen molar-refractivity contribution in [3.8, 4) is 0 Å². The molecule has 2 N–H and O–H groups in total. The van der Waals surface area contributed by atoms with Gasteiger partial charge >= 0.3 is 17.9 Å². The molecule has 0 radical (unpaired) electrons. The Balaban J connectivity index is 2.44. The van der Waals surface area contributed by atoms with Crippen LogP contribution in [0.25, 0.3) is 11.0 Å². The maximum atomic E-state index is 11.9. The number of benzene rings is 1. The van der Waals surface area contributed by atoms with Crippen molar-refractivity contribution in [2.75, 3.05) is 18.5 Å². The molecule has 0 aliphatic rings. The second kappa shape index (κ2) is 8.00. The summed E-state index contributed by atoms with van der Waals surface area (Å²) in [4.78, 5) is 35.2. The van der Waals surface area contributed by atoms with Crippen LogP contribution >= 0.6 is 0 Å². The van der Waals surface area contributed by atoms with E-state index < -0.39 is 17.9 Å². The fourth-order valence-electron chi connectivity index (χ4n) is 2.10. The molecule has 1 heterocycles. The van der Waals surface area contributed by atoms with E-state index in [9.17, 15) is 19.5 Å². The minimum absolute atomic E-state index is 0.0740. The summed E-state index contributed by atoms with van der Waals surface area (Å²) < 4.78 is 14.9. The van der Waals surface area contributed by atoms with Gasteiger partial charge in [-0.25, -0.2) is 14.4 Å². The van der Waals surface area contributed by atoms with Crippen LogP contribution in [-0.2, 0) is 19.1 Å². The van der Waals surface area contributed by atoms with Crippen molar-refractivity contribution in [2.24, 2.45) is 0 Å². The van der Waals surface area contributed by atoms with Gasteiger partial charge in [-0.05, 0) is 26.0 Å². The first kappa shape index (κ1) is 18.1. The highest BCUT2D eigenvalue weighted by molar-refractivity contribution is 6.14. The number of hydrogen-bond donors (Lipinski definition) is 2. The lowest BCUT2D eigenvalue weighted by atomic mass is 10.2. The zero-order valence-corrected chi connectivity index (χ0v) is 13.7. The van der Waals surface area contributed by atoms with E-state index >= 15 is 0 Å². The molecule has 0 fully saturated rings. The standard InChI is InChI=1S/C17H17NO7/c1-3-23-16(21)11(17(22)24-4-2)9-18-13-10-7-5-6-8-12(10)25-14(13)15(19)20/h5-9,18H,3-4H2,1-2H3,(H,19,20). The zero-order valence-electron chi connectivity index (χ0n) is 13.7. The van der Waals surface area contributed by atoms with Crippen molar-refractivity contribution in [2.45, 2.75) is 13.8 Å². The predicted octanol–water partition coefficient (Wildman–Crippen LogP) is 2.55. The van der Waals surface area contributed by atoms with E-state index in [0.29, 0.717) is 11.0 Å². The summed E-state index contributed by atoms with van der Waals surface area (Å²) in [6.07, 6.45) is 1.06. The molecule has 0 bridgehead atoms. The first-order chi connectivity index (χ1) is 12.0. The quantitative estimate of drug-likeness (QED) is 0.340. The minimum atomic E-state index is -1.29. The maximum absolute atomic E-state index is 11.9. The monoisotopic (exact) mass is 347 g/mol. The molecule has 1 aromatic carbocycles. The highest BCUT2D eigenvalue weighted by atomic mass is 16.6. The highest BCUT2D eigenvalue weighted by Gasteiger charge is 2.23. The van der Waals surface area contributed by atoms with Crippen molar-refractivity contribution in [1.82, 2.24) is 0 Å². The first-order valence-corrected chi connectivity index (χ1v) is 7.55. The van der Waals surface area contributed by atoms with E-state index in [2.05, 4.69) is 5.32 Å². The summed E-state index contributed by atoms with van der Waals surface area (Å²) in [7, 11) is 0. The number of aromatic carboxylic acids is 1. The summed E-state index contributed by atoms with van der Waals surface area (Å²) in [5.74, 6) is -3.39. The summed E-state index contributed by atoms with van der Waals surface area (Å²) >= 11 is 0. The number of carboxylic acid groups (broad SMARTS) is 1. The molecule has 132 valence electrons. The smallest absolute Gasteiger partial charge is 0.374 e. The normalized spacial score (nSPS) is 10.2. The summed E-state index contributed by atoms with van der Waals surface area (Å²) in [6, 6.07) is 6.65. The zero-order chi connectivity index (χ0) is 18.4. The fourth-order valence-corrected chi connectivity index (χ4v) is 2.10. The average molecular weight is 347 g/mol. The number of nitrogens with one attached hydrogen (secondary N) is 1. The second-order valence-electron chi connectivity index (χ2n) is 4.75. The molecule has 0 spiro atoms. The van der Waals surface area contributed by atoms with Gasteiger partial charge in [0.2, 0.25) is 5.76 Å². The van der Waals surface area contributed by atoms with E-state index in [-0.39, 0.29) is 30.2 Å². The number of fused-ring (bicyclic) bond motifs is 1. The Bertz CT molecular complexity index is 815. The molecule has 2 rings (SSSR count). The van der Waals surface area contributed by atoms with Crippen LogP contribution in [0.15, 0.2) is 40.5 Å². The van der Waals surface area contributed by atoms with Crippen LogP contribution in [0.4, 0.5) is 5.69 Å². The molecule has 8 nitrogen and oxygen atoms in total. The third-order valence-corrected chi connectivity index (χ3v) is 3.14. The molecule has 0 atom stereocenters. The van der Waals surface area contributed by atoms with E-state index in [1.165, 1.54) is 0 Å². The highest BCUT2D eigenvalue weighted by Crippen LogP contribution is 2.31. The Morgan fingerprint density at radius 2 is 1.72 bits per heavy atom. The molecule has 1 aromatic heterocycles. The number of anilines is 1. The van der Waals surface area contributed by atoms with Crippen LogP contribution in [0.1, 0.15) is 24.4 Å². The van der Waals surface area contributed by atoms with Crippen molar-refractivity contribution >= 4 is 34.6 Å². The molecule has 2 aromatic rings. The van der Waals surface area contributed by atoms with E-state index in [4.69, 9.17) is 13.9 Å². The van der Waals surface area contributed by atoms with Crippen LogP contribution in [-0.4, -0.2) is 36.2 Å². The SMILES string of the molecule is CCOC(=O)C(=CNc1c(C(=O)O)oc2ccccc12)C(=O)OCC. The number of esters is 2. The van der Waals surface area contributed by atoms with Gasteiger partial charge in [-0.1, -0.05) is 12.1 Å². The van der Waals surface area contributed by atoms with E-state index in [1.807, 2.05) is 0 Å². The lowest BCUT2D eigenvalue weighted by Crippen LogP contribution is -2.19. The predicted molar refractivity (Wildman–Crippen MR) is 88.1 cm³/mol. The van der Waals surface area contributed by atoms with Crippen molar-refractivity contribution in [1.29, 1.82) is 0 Å². The molecule has 0 saturated heterocycles. The third-order valence-electron chi connectivity index (χ3n) is 3.14. The van der Waals surface area contributed by atoms with Gasteiger partial charge in [-0.2, -0.15) is 0 Å². The number of carbonyl (C=O) groups is 3. The largest absolute Gasteiger partial charge is 0.475 e. The van der Waals surface area contributed by atoms with Gasteiger partial charge in [0, 0.05) is 11.6 Å². The molecule has 0 unspecified atom stereocenters. The van der Waals surface area contributed by atoms with Gasteiger partial charge in [0.25, 0.3) is 0 Å². The Labute approximate surface area is 143 Å². The van der Waals surface area contributed by atoms with Crippen LogP contribution in [0.3, 0.4) is 0 Å². The molecule has 0 amide bonds. The number of rotatable bonds is 7. The second-order valence-corrected chi connectivity index (χ2v) is 4.75. The first-order valence-electron chi connectivity index (χ1n) is 7.55. The lowest BCUT2D eigenvalue weighted by Gasteiger charge is -2.07. The topological polar surface area (TPSA) is 115 Å². The molecule has 8 heteroatoms. The number of para-hydroxylation sites is 1. The van der Waals surface area contributed by atoms with Crippen LogP contribution in [0, 0.1) is 0 Å². The minimum Gasteiger partial charge on any atom is -0.475 e. The Kier molecular flexibility index (Phi) is 5.78. The molecule has 0 saturated carbocycles. The molecular weight excluding hydrogens is 330 g/mol. The summed E-state index contributed by atoms with van der Waals surface area (Å²) in [5.41, 5.74) is 0.0872. The average Bonchev–Trinajstić information content (AvgIpc) is 2.95. The van der Waals surface area contributed by atoms with Crippen molar-refractivity contribution in [3.63, 3.8) is 0 Å². The summed E-state index contributed by atoms with van der Waals surface area (Å²) in [5, 5.41) is 12.4. The lowest BCUT2D eigenvalue weighted by molar-refractivity contribution is -0.146. The molecule has 0 aliphatic carbocycles. The Hall–Kier alpha value is -3.29. The van der Waals surface area contributed by atoms with Gasteiger partial charge < -0.3 is 24.3 Å². The van der Waals surface area contributed by atoms with Crippen LogP contribution < -0.4 is 5.32 Å². The van der Waals surface area contributed by atoms with Gasteiger partial charge in [0.15, 0.2) is 5.57 Å². The van der Waals surface area contributed by atoms with Gasteiger partial charge in [-0.3, -0.25) is 0 Å². The molecule has 25 heavy (non-hydrogen) atoms. The van der Waals surface area contributed by atoms with Crippen LogP contribution in [0.5, 0.6) is 0 Å². The third kappa shape index (κ3) is 3.97. The number of ether oxygens (including phenoxy) is 2. The van der Waals surface area contributed by atoms with Gasteiger partial charge in [0.05, 0.1) is 13.2 Å².